The number of nitrogen functional groups attached to an aromatic ring is 1. The van der Waals surface area contributed by atoms with Crippen LogP contribution in [0.2, 0.25) is 0 Å². The topological polar surface area (TPSA) is 65.1 Å². The van der Waals surface area contributed by atoms with Gasteiger partial charge in [0.15, 0.2) is 5.78 Å². The largest absolute Gasteiger partial charge is 0.399 e. The van der Waals surface area contributed by atoms with Gasteiger partial charge in [-0.2, -0.15) is 0 Å². The van der Waals surface area contributed by atoms with E-state index in [1.807, 2.05) is 0 Å². The van der Waals surface area contributed by atoms with Crippen LogP contribution in [0.3, 0.4) is 0 Å². The van der Waals surface area contributed by atoms with E-state index in [1.165, 1.54) is 10.6 Å². The summed E-state index contributed by atoms with van der Waals surface area (Å²) in [5, 5.41) is 0. The van der Waals surface area contributed by atoms with Gasteiger partial charge in [0.2, 0.25) is 0 Å². The fourth-order valence-corrected chi connectivity index (χ4v) is 1.55. The molecule has 17 heavy (non-hydrogen) atoms. The van der Waals surface area contributed by atoms with E-state index in [4.69, 9.17) is 5.73 Å². The minimum Gasteiger partial charge on any atom is -0.399 e. The molecule has 0 aliphatic heterocycles. The number of nitrogens with zero attached hydrogens (tertiary/aromatic N) is 1. The number of ketones is 1. The van der Waals surface area contributed by atoms with E-state index in [2.05, 4.69) is 0 Å². The molecule has 0 fully saturated rings. The zero-order valence-electron chi connectivity index (χ0n) is 9.17. The molecule has 0 atom stereocenters. The highest BCUT2D eigenvalue weighted by Gasteiger charge is 2.07. The number of nitrogens with two attached hydrogens (primary N) is 1. The van der Waals surface area contributed by atoms with Crippen LogP contribution in [-0.2, 0) is 6.54 Å². The highest BCUT2D eigenvalue weighted by molar-refractivity contribution is 5.96. The molecule has 0 amide bonds. The number of hydrogen-bond acceptors (Lipinski definition) is 3. The van der Waals surface area contributed by atoms with Gasteiger partial charge < -0.3 is 10.3 Å². The van der Waals surface area contributed by atoms with Crippen molar-refractivity contribution in [2.45, 2.75) is 6.54 Å². The van der Waals surface area contributed by atoms with Crippen molar-refractivity contribution < 1.29 is 4.79 Å². The first-order valence-electron chi connectivity index (χ1n) is 5.21. The predicted octanol–water partition coefficient (Wildman–Crippen LogP) is 1.31. The third-order valence-electron chi connectivity index (χ3n) is 2.42. The fraction of sp³-hybridized carbons (Fsp3) is 0.0769. The lowest BCUT2D eigenvalue weighted by molar-refractivity contribution is 0.0971. The van der Waals surface area contributed by atoms with Crippen molar-refractivity contribution in [3.8, 4) is 0 Å². The average Bonchev–Trinajstić information content (AvgIpc) is 2.32. The second-order valence-corrected chi connectivity index (χ2v) is 3.72. The number of carbonyl (C=O) groups excluding carboxylic acids is 1. The maximum absolute atomic E-state index is 11.9. The van der Waals surface area contributed by atoms with Crippen molar-refractivity contribution in [3.05, 3.63) is 64.6 Å². The van der Waals surface area contributed by atoms with Gasteiger partial charge in [0.1, 0.15) is 0 Å². The Kier molecular flexibility index (Phi) is 3.05. The lowest BCUT2D eigenvalue weighted by Gasteiger charge is -2.04. The SMILES string of the molecule is Nc1cccc(C(=O)Cn2ccccc2=O)c1. The molecule has 0 aliphatic rings. The van der Waals surface area contributed by atoms with Crippen molar-refractivity contribution in [2.24, 2.45) is 0 Å². The fourth-order valence-electron chi connectivity index (χ4n) is 1.55. The normalized spacial score (nSPS) is 10.1. The Hall–Kier alpha value is -2.36. The molecule has 1 aromatic heterocycles. The van der Waals surface area contributed by atoms with E-state index < -0.39 is 0 Å². The van der Waals surface area contributed by atoms with Gasteiger partial charge in [-0.15, -0.1) is 0 Å². The van der Waals surface area contributed by atoms with Crippen LogP contribution >= 0.6 is 0 Å². The zero-order chi connectivity index (χ0) is 12.3. The summed E-state index contributed by atoms with van der Waals surface area (Å²) in [6.45, 7) is 0.0309. The number of hydrogen-bond donors (Lipinski definition) is 1. The lowest BCUT2D eigenvalue weighted by Crippen LogP contribution is -2.22. The summed E-state index contributed by atoms with van der Waals surface area (Å²) in [4.78, 5) is 23.3. The first kappa shape index (κ1) is 11.1. The monoisotopic (exact) mass is 228 g/mol. The van der Waals surface area contributed by atoms with E-state index in [0.29, 0.717) is 11.3 Å². The van der Waals surface area contributed by atoms with Gasteiger partial charge in [0, 0.05) is 23.5 Å². The van der Waals surface area contributed by atoms with E-state index in [1.54, 1.807) is 42.6 Å². The van der Waals surface area contributed by atoms with Gasteiger partial charge >= 0.3 is 0 Å². The number of anilines is 1. The second kappa shape index (κ2) is 4.65. The van der Waals surface area contributed by atoms with E-state index in [9.17, 15) is 9.59 Å². The molecule has 0 saturated heterocycles. The highest BCUT2D eigenvalue weighted by Crippen LogP contribution is 2.07. The minimum absolute atomic E-state index is 0.0309. The number of benzene rings is 1. The molecule has 2 aromatic rings. The molecule has 0 saturated carbocycles. The molecule has 0 radical (unpaired) electrons. The Morgan fingerprint density at radius 1 is 1.18 bits per heavy atom. The van der Waals surface area contributed by atoms with Crippen LogP contribution in [0.5, 0.6) is 0 Å². The van der Waals surface area contributed by atoms with E-state index in [0.717, 1.165) is 0 Å². The molecule has 0 unspecified atom stereocenters. The molecule has 0 spiro atoms. The molecule has 1 aromatic carbocycles. The maximum Gasteiger partial charge on any atom is 0.250 e. The van der Waals surface area contributed by atoms with Gasteiger partial charge in [0.25, 0.3) is 5.56 Å². The molecule has 2 rings (SSSR count). The first-order chi connectivity index (χ1) is 8.16. The molecule has 0 aliphatic carbocycles. The van der Waals surface area contributed by atoms with Crippen molar-refractivity contribution in [1.29, 1.82) is 0 Å². The number of carbonyl (C=O) groups is 1. The van der Waals surface area contributed by atoms with Gasteiger partial charge in [-0.3, -0.25) is 9.59 Å². The van der Waals surface area contributed by atoms with E-state index in [-0.39, 0.29) is 17.9 Å². The molecule has 4 nitrogen and oxygen atoms in total. The van der Waals surface area contributed by atoms with Crippen LogP contribution < -0.4 is 11.3 Å². The number of Topliss-reactive ketones (excluding diaryl/α,β-unsaturated/α-hetero) is 1. The summed E-state index contributed by atoms with van der Waals surface area (Å²) >= 11 is 0. The van der Waals surface area contributed by atoms with Crippen molar-refractivity contribution >= 4 is 11.5 Å². The van der Waals surface area contributed by atoms with Gasteiger partial charge in [-0.05, 0) is 18.2 Å². The smallest absolute Gasteiger partial charge is 0.250 e. The maximum atomic E-state index is 11.9. The van der Waals surface area contributed by atoms with Gasteiger partial charge in [0.05, 0.1) is 6.54 Å². The molecule has 2 N–H and O–H groups in total. The Morgan fingerprint density at radius 2 is 2.00 bits per heavy atom. The van der Waals surface area contributed by atoms with Crippen LogP contribution in [0.4, 0.5) is 5.69 Å². The molecule has 1 heterocycles. The molecule has 86 valence electrons. The van der Waals surface area contributed by atoms with Crippen LogP contribution in [0.25, 0.3) is 0 Å². The Bertz CT molecular complexity index is 602. The summed E-state index contributed by atoms with van der Waals surface area (Å²) < 4.78 is 1.37. The summed E-state index contributed by atoms with van der Waals surface area (Å²) in [7, 11) is 0. The third kappa shape index (κ3) is 2.60. The first-order valence-corrected chi connectivity index (χ1v) is 5.21. The van der Waals surface area contributed by atoms with Gasteiger partial charge in [-0.1, -0.05) is 18.2 Å². The molecule has 0 bridgehead atoms. The van der Waals surface area contributed by atoms with Crippen LogP contribution in [0.15, 0.2) is 53.5 Å². The predicted molar refractivity (Wildman–Crippen MR) is 65.9 cm³/mol. The van der Waals surface area contributed by atoms with Crippen molar-refractivity contribution in [1.82, 2.24) is 4.57 Å². The average molecular weight is 228 g/mol. The Labute approximate surface area is 98.3 Å². The molecular weight excluding hydrogens is 216 g/mol. The Morgan fingerprint density at radius 3 is 2.71 bits per heavy atom. The van der Waals surface area contributed by atoms with Crippen molar-refractivity contribution in [2.75, 3.05) is 5.73 Å². The number of pyridine rings is 1. The van der Waals surface area contributed by atoms with Crippen molar-refractivity contribution in [3.63, 3.8) is 0 Å². The summed E-state index contributed by atoms with van der Waals surface area (Å²) in [5.74, 6) is -0.134. The molecule has 4 heteroatoms. The Balaban J connectivity index is 2.23. The summed E-state index contributed by atoms with van der Waals surface area (Å²) in [6.07, 6.45) is 1.59. The van der Waals surface area contributed by atoms with Crippen LogP contribution in [0.1, 0.15) is 10.4 Å². The number of aromatic nitrogens is 1. The quantitative estimate of drug-likeness (QED) is 0.636. The standard InChI is InChI=1S/C13H12N2O2/c14-11-5-3-4-10(8-11)12(16)9-15-7-2-1-6-13(15)17/h1-8H,9,14H2. The number of rotatable bonds is 3. The zero-order valence-corrected chi connectivity index (χ0v) is 9.17. The van der Waals surface area contributed by atoms with Crippen LogP contribution in [-0.4, -0.2) is 10.4 Å². The summed E-state index contributed by atoms with van der Waals surface area (Å²) in [5.41, 5.74) is 6.46. The second-order valence-electron chi connectivity index (χ2n) is 3.72. The molecular formula is C13H12N2O2. The minimum atomic E-state index is -0.190. The van der Waals surface area contributed by atoms with Gasteiger partial charge in [-0.25, -0.2) is 0 Å². The van der Waals surface area contributed by atoms with E-state index >= 15 is 0 Å². The summed E-state index contributed by atoms with van der Waals surface area (Å²) in [6, 6.07) is 11.5. The lowest BCUT2D eigenvalue weighted by atomic mass is 10.1. The van der Waals surface area contributed by atoms with Crippen LogP contribution in [0, 0.1) is 0 Å². The highest BCUT2D eigenvalue weighted by atomic mass is 16.1. The third-order valence-corrected chi connectivity index (χ3v) is 2.42.